The highest BCUT2D eigenvalue weighted by Crippen LogP contribution is 2.49. The fraction of sp³-hybridized carbons (Fsp3) is 0.421. The van der Waals surface area contributed by atoms with Crippen LogP contribution >= 0.6 is 0 Å². The van der Waals surface area contributed by atoms with E-state index in [4.69, 9.17) is 0 Å². The van der Waals surface area contributed by atoms with Gasteiger partial charge in [0.05, 0.1) is 5.41 Å². The summed E-state index contributed by atoms with van der Waals surface area (Å²) >= 11 is 0. The minimum atomic E-state index is -0.588. The second-order valence-corrected chi connectivity index (χ2v) is 6.86. The molecular formula is C19H21NO2. The summed E-state index contributed by atoms with van der Waals surface area (Å²) in [5, 5.41) is 12.2. The predicted molar refractivity (Wildman–Crippen MR) is 86.6 cm³/mol. The summed E-state index contributed by atoms with van der Waals surface area (Å²) in [7, 11) is 0. The number of carboxylic acid groups (broad SMARTS) is 1. The number of carboxylic acids is 1. The molecule has 2 aromatic rings. The molecule has 2 aliphatic rings. The lowest BCUT2D eigenvalue weighted by Crippen LogP contribution is -2.35. The van der Waals surface area contributed by atoms with Crippen LogP contribution in [0.4, 0.5) is 0 Å². The van der Waals surface area contributed by atoms with E-state index in [1.165, 1.54) is 16.3 Å². The summed E-state index contributed by atoms with van der Waals surface area (Å²) in [4.78, 5) is 14.1. The fourth-order valence-corrected chi connectivity index (χ4v) is 4.53. The van der Waals surface area contributed by atoms with Crippen molar-refractivity contribution in [3.63, 3.8) is 0 Å². The van der Waals surface area contributed by atoms with Crippen molar-refractivity contribution in [1.29, 1.82) is 0 Å². The second kappa shape index (κ2) is 5.10. The van der Waals surface area contributed by atoms with Crippen molar-refractivity contribution in [2.45, 2.75) is 25.8 Å². The van der Waals surface area contributed by atoms with Crippen molar-refractivity contribution in [3.05, 3.63) is 48.0 Å². The van der Waals surface area contributed by atoms with Crippen LogP contribution in [0.3, 0.4) is 0 Å². The van der Waals surface area contributed by atoms with Crippen LogP contribution < -0.4 is 0 Å². The molecule has 0 bridgehead atoms. The fourth-order valence-electron chi connectivity index (χ4n) is 4.53. The van der Waals surface area contributed by atoms with Crippen molar-refractivity contribution in [3.8, 4) is 0 Å². The smallest absolute Gasteiger partial charge is 0.311 e. The number of hydrogen-bond donors (Lipinski definition) is 1. The normalized spacial score (nSPS) is 28.1. The van der Waals surface area contributed by atoms with Crippen LogP contribution in [0.15, 0.2) is 42.5 Å². The van der Waals surface area contributed by atoms with E-state index in [9.17, 15) is 9.90 Å². The third kappa shape index (κ3) is 2.03. The van der Waals surface area contributed by atoms with E-state index in [-0.39, 0.29) is 0 Å². The average molecular weight is 295 g/mol. The van der Waals surface area contributed by atoms with E-state index in [0.717, 1.165) is 32.4 Å². The first-order chi connectivity index (χ1) is 10.7. The molecule has 1 aliphatic heterocycles. The molecule has 2 aromatic carbocycles. The largest absolute Gasteiger partial charge is 0.481 e. The molecule has 0 aromatic heterocycles. The van der Waals surface area contributed by atoms with E-state index in [0.29, 0.717) is 12.5 Å². The van der Waals surface area contributed by atoms with Gasteiger partial charge in [-0.15, -0.1) is 0 Å². The molecule has 22 heavy (non-hydrogen) atoms. The highest BCUT2D eigenvalue weighted by atomic mass is 16.4. The maximum Gasteiger partial charge on any atom is 0.311 e. The van der Waals surface area contributed by atoms with Gasteiger partial charge >= 0.3 is 5.97 Å². The molecule has 1 saturated carbocycles. The zero-order valence-corrected chi connectivity index (χ0v) is 12.7. The Labute approximate surface area is 130 Å². The maximum absolute atomic E-state index is 11.8. The molecule has 2 atom stereocenters. The minimum absolute atomic E-state index is 0.333. The molecule has 0 unspecified atom stereocenters. The van der Waals surface area contributed by atoms with Gasteiger partial charge in [0, 0.05) is 19.6 Å². The van der Waals surface area contributed by atoms with Crippen LogP contribution in [0.2, 0.25) is 0 Å². The lowest BCUT2D eigenvalue weighted by atomic mass is 9.81. The monoisotopic (exact) mass is 295 g/mol. The number of likely N-dealkylation sites (tertiary alicyclic amines) is 1. The Hall–Kier alpha value is -1.87. The summed E-state index contributed by atoms with van der Waals surface area (Å²) in [6.45, 7) is 2.48. The Morgan fingerprint density at radius 2 is 2.05 bits per heavy atom. The van der Waals surface area contributed by atoms with E-state index in [1.54, 1.807) is 0 Å². The number of rotatable bonds is 3. The predicted octanol–water partition coefficient (Wildman–Crippen LogP) is 3.53. The zero-order valence-electron chi connectivity index (χ0n) is 12.7. The maximum atomic E-state index is 11.8. The lowest BCUT2D eigenvalue weighted by Gasteiger charge is -2.23. The van der Waals surface area contributed by atoms with Gasteiger partial charge in [-0.3, -0.25) is 9.69 Å². The third-order valence-corrected chi connectivity index (χ3v) is 5.64. The van der Waals surface area contributed by atoms with Gasteiger partial charge in [-0.25, -0.2) is 0 Å². The van der Waals surface area contributed by atoms with Crippen LogP contribution in [0.5, 0.6) is 0 Å². The van der Waals surface area contributed by atoms with Gasteiger partial charge in [0.15, 0.2) is 0 Å². The number of nitrogens with zero attached hydrogens (tertiary/aromatic N) is 1. The van der Waals surface area contributed by atoms with Crippen molar-refractivity contribution in [1.82, 2.24) is 4.90 Å². The first-order valence-electron chi connectivity index (χ1n) is 8.11. The topological polar surface area (TPSA) is 40.5 Å². The molecule has 4 rings (SSSR count). The molecule has 0 amide bonds. The molecule has 3 nitrogen and oxygen atoms in total. The van der Waals surface area contributed by atoms with Gasteiger partial charge in [0.25, 0.3) is 0 Å². The van der Waals surface area contributed by atoms with Gasteiger partial charge in [-0.1, -0.05) is 48.9 Å². The Balaban J connectivity index is 1.61. The molecule has 114 valence electrons. The van der Waals surface area contributed by atoms with Gasteiger partial charge < -0.3 is 5.11 Å². The molecule has 1 N–H and O–H groups in total. The summed E-state index contributed by atoms with van der Waals surface area (Å²) < 4.78 is 0. The SMILES string of the molecule is O=C(O)[C@@]12CCC[C@H]1CN(Cc1cccc3ccccc13)C2. The van der Waals surface area contributed by atoms with Crippen molar-refractivity contribution >= 4 is 16.7 Å². The summed E-state index contributed by atoms with van der Waals surface area (Å²) in [6.07, 6.45) is 2.98. The van der Waals surface area contributed by atoms with Gasteiger partial charge in [-0.2, -0.15) is 0 Å². The third-order valence-electron chi connectivity index (χ3n) is 5.64. The van der Waals surface area contributed by atoms with Crippen LogP contribution in [-0.4, -0.2) is 29.1 Å². The van der Waals surface area contributed by atoms with Crippen molar-refractivity contribution in [2.24, 2.45) is 11.3 Å². The second-order valence-electron chi connectivity index (χ2n) is 6.86. The van der Waals surface area contributed by atoms with Crippen LogP contribution in [0.1, 0.15) is 24.8 Å². The number of hydrogen-bond acceptors (Lipinski definition) is 2. The Morgan fingerprint density at radius 3 is 2.86 bits per heavy atom. The number of benzene rings is 2. The number of aliphatic carboxylic acids is 1. The van der Waals surface area contributed by atoms with Crippen LogP contribution in [0, 0.1) is 11.3 Å². The van der Waals surface area contributed by atoms with Crippen molar-refractivity contribution < 1.29 is 9.90 Å². The van der Waals surface area contributed by atoms with Gasteiger partial charge in [-0.05, 0) is 35.1 Å². The summed E-state index contributed by atoms with van der Waals surface area (Å²) in [6, 6.07) is 14.8. The molecule has 1 saturated heterocycles. The van der Waals surface area contributed by atoms with Gasteiger partial charge in [0.1, 0.15) is 0 Å². The van der Waals surface area contributed by atoms with E-state index < -0.39 is 11.4 Å². The molecule has 0 spiro atoms. The standard InChI is InChI=1S/C19H21NO2/c21-18(22)19-10-4-8-16(19)12-20(13-19)11-15-7-3-6-14-5-1-2-9-17(14)15/h1-3,5-7,9,16H,4,8,10-13H2,(H,21,22)/t16-,19+/m0/s1. The van der Waals surface area contributed by atoms with Crippen LogP contribution in [0.25, 0.3) is 10.8 Å². The first-order valence-corrected chi connectivity index (χ1v) is 8.11. The first kappa shape index (κ1) is 13.8. The van der Waals surface area contributed by atoms with E-state index in [2.05, 4.69) is 47.4 Å². The van der Waals surface area contributed by atoms with Crippen molar-refractivity contribution in [2.75, 3.05) is 13.1 Å². The molecule has 1 aliphatic carbocycles. The quantitative estimate of drug-likeness (QED) is 0.941. The Bertz CT molecular complexity index is 721. The molecule has 0 radical (unpaired) electrons. The average Bonchev–Trinajstić information content (AvgIpc) is 3.05. The van der Waals surface area contributed by atoms with Gasteiger partial charge in [0.2, 0.25) is 0 Å². The number of carbonyl (C=O) groups is 1. The summed E-state index contributed by atoms with van der Waals surface area (Å²) in [5.41, 5.74) is 0.823. The Morgan fingerprint density at radius 1 is 1.23 bits per heavy atom. The van der Waals surface area contributed by atoms with E-state index in [1.807, 2.05) is 0 Å². The minimum Gasteiger partial charge on any atom is -0.481 e. The molecule has 3 heteroatoms. The summed E-state index contributed by atoms with van der Waals surface area (Å²) in [5.74, 6) is -0.254. The molecule has 2 fully saturated rings. The highest BCUT2D eigenvalue weighted by Gasteiger charge is 2.54. The number of fused-ring (bicyclic) bond motifs is 2. The Kier molecular flexibility index (Phi) is 3.19. The lowest BCUT2D eigenvalue weighted by molar-refractivity contribution is -0.149. The molecule has 1 heterocycles. The highest BCUT2D eigenvalue weighted by molar-refractivity contribution is 5.85. The zero-order chi connectivity index (χ0) is 15.2. The van der Waals surface area contributed by atoms with Crippen LogP contribution in [-0.2, 0) is 11.3 Å². The van der Waals surface area contributed by atoms with E-state index >= 15 is 0 Å². The molecular weight excluding hydrogens is 274 g/mol.